The third kappa shape index (κ3) is 5.81. The van der Waals surface area contributed by atoms with Crippen LogP contribution in [0.5, 0.6) is 5.75 Å². The highest BCUT2D eigenvalue weighted by molar-refractivity contribution is 5.96. The molecule has 0 fully saturated rings. The van der Waals surface area contributed by atoms with Gasteiger partial charge in [0.05, 0.1) is 18.3 Å². The van der Waals surface area contributed by atoms with Crippen molar-refractivity contribution in [3.05, 3.63) is 53.9 Å². The van der Waals surface area contributed by atoms with E-state index < -0.39 is 11.8 Å². The topological polar surface area (TPSA) is 107 Å². The molecule has 0 aliphatic carbocycles. The van der Waals surface area contributed by atoms with E-state index in [9.17, 15) is 14.7 Å². The van der Waals surface area contributed by atoms with Gasteiger partial charge in [-0.1, -0.05) is 0 Å². The van der Waals surface area contributed by atoms with E-state index in [-0.39, 0.29) is 12.3 Å². The number of anilines is 1. The Morgan fingerprint density at radius 3 is 2.67 bits per heavy atom. The van der Waals surface area contributed by atoms with Gasteiger partial charge in [0.25, 0.3) is 11.8 Å². The lowest BCUT2D eigenvalue weighted by molar-refractivity contribution is -0.120. The van der Waals surface area contributed by atoms with Gasteiger partial charge in [-0.15, -0.1) is 0 Å². The van der Waals surface area contributed by atoms with Crippen LogP contribution < -0.4 is 15.6 Å². The molecule has 8 nitrogen and oxygen atoms in total. The van der Waals surface area contributed by atoms with Gasteiger partial charge in [-0.05, 0) is 38.1 Å². The fourth-order valence-electron chi connectivity index (χ4n) is 2.40. The first-order valence-corrected chi connectivity index (χ1v) is 8.63. The summed E-state index contributed by atoms with van der Waals surface area (Å²) in [7, 11) is 0. The number of nitrogens with zero attached hydrogens (tertiary/aromatic N) is 3. The normalized spacial score (nSPS) is 10.6. The average Bonchev–Trinajstić information content (AvgIpc) is 2.69. The van der Waals surface area contributed by atoms with Crippen molar-refractivity contribution < 1.29 is 14.7 Å². The van der Waals surface area contributed by atoms with E-state index in [1.165, 1.54) is 12.4 Å². The average molecular weight is 369 g/mol. The molecule has 0 saturated heterocycles. The van der Waals surface area contributed by atoms with Gasteiger partial charge in [0, 0.05) is 42.8 Å². The lowest BCUT2D eigenvalue weighted by Crippen LogP contribution is -2.34. The Bertz CT molecular complexity index is 804. The highest BCUT2D eigenvalue weighted by Crippen LogP contribution is 2.23. The summed E-state index contributed by atoms with van der Waals surface area (Å²) in [4.78, 5) is 29.5. The molecule has 0 radical (unpaired) electrons. The Morgan fingerprint density at radius 1 is 1.26 bits per heavy atom. The number of phenolic OH excluding ortho intramolecular Hbond substituents is 1. The van der Waals surface area contributed by atoms with Crippen LogP contribution in [0.4, 0.5) is 5.69 Å². The van der Waals surface area contributed by atoms with Gasteiger partial charge in [0.1, 0.15) is 5.75 Å². The SMILES string of the molecule is CCN(CC)c1ccc(/C=N/NC(=O)CNC(=O)c2cccnc2)c(O)c1. The summed E-state index contributed by atoms with van der Waals surface area (Å²) < 4.78 is 0. The molecule has 3 N–H and O–H groups in total. The van der Waals surface area contributed by atoms with Gasteiger partial charge in [-0.3, -0.25) is 14.6 Å². The second kappa shape index (κ2) is 9.91. The molecule has 0 spiro atoms. The van der Waals surface area contributed by atoms with Crippen molar-refractivity contribution in [3.8, 4) is 5.75 Å². The van der Waals surface area contributed by atoms with E-state index in [1.807, 2.05) is 19.9 Å². The second-order valence-corrected chi connectivity index (χ2v) is 5.63. The molecule has 0 saturated carbocycles. The minimum atomic E-state index is -0.484. The van der Waals surface area contributed by atoms with Crippen molar-refractivity contribution in [2.45, 2.75) is 13.8 Å². The lowest BCUT2D eigenvalue weighted by atomic mass is 10.2. The number of benzene rings is 1. The predicted molar refractivity (Wildman–Crippen MR) is 104 cm³/mol. The number of hydrogen-bond donors (Lipinski definition) is 3. The maximum Gasteiger partial charge on any atom is 0.259 e. The molecule has 1 aromatic heterocycles. The summed E-state index contributed by atoms with van der Waals surface area (Å²) in [6.45, 7) is 5.53. The maximum absolute atomic E-state index is 11.8. The van der Waals surface area contributed by atoms with E-state index >= 15 is 0 Å². The van der Waals surface area contributed by atoms with Gasteiger partial charge >= 0.3 is 0 Å². The monoisotopic (exact) mass is 369 g/mol. The molecule has 0 aliphatic heterocycles. The van der Waals surface area contributed by atoms with Crippen LogP contribution in [0.15, 0.2) is 47.8 Å². The lowest BCUT2D eigenvalue weighted by Gasteiger charge is -2.21. The number of carbonyl (C=O) groups is 2. The molecule has 1 heterocycles. The fourth-order valence-corrected chi connectivity index (χ4v) is 2.40. The van der Waals surface area contributed by atoms with Crippen LogP contribution in [0.1, 0.15) is 29.8 Å². The third-order valence-corrected chi connectivity index (χ3v) is 3.87. The van der Waals surface area contributed by atoms with Crippen LogP contribution in [0.3, 0.4) is 0 Å². The molecule has 0 atom stereocenters. The van der Waals surface area contributed by atoms with Crippen LogP contribution in [-0.2, 0) is 4.79 Å². The number of phenols is 1. The summed E-state index contributed by atoms with van der Waals surface area (Å²) in [6.07, 6.45) is 4.32. The first-order chi connectivity index (χ1) is 13.0. The van der Waals surface area contributed by atoms with Crippen molar-refractivity contribution >= 4 is 23.7 Å². The molecule has 27 heavy (non-hydrogen) atoms. The highest BCUT2D eigenvalue weighted by atomic mass is 16.3. The molecule has 1 aromatic carbocycles. The molecular weight excluding hydrogens is 346 g/mol. The molecule has 0 unspecified atom stereocenters. The number of nitrogens with one attached hydrogen (secondary N) is 2. The largest absolute Gasteiger partial charge is 0.507 e. The Hall–Kier alpha value is -3.42. The van der Waals surface area contributed by atoms with Crippen LogP contribution in [0.25, 0.3) is 0 Å². The first-order valence-electron chi connectivity index (χ1n) is 8.63. The van der Waals surface area contributed by atoms with E-state index in [2.05, 4.69) is 25.7 Å². The van der Waals surface area contributed by atoms with Crippen molar-refractivity contribution in [3.63, 3.8) is 0 Å². The van der Waals surface area contributed by atoms with Gasteiger partial charge < -0.3 is 15.3 Å². The van der Waals surface area contributed by atoms with E-state index in [4.69, 9.17) is 0 Å². The van der Waals surface area contributed by atoms with Gasteiger partial charge in [-0.2, -0.15) is 5.10 Å². The zero-order valence-corrected chi connectivity index (χ0v) is 15.3. The number of rotatable bonds is 8. The van der Waals surface area contributed by atoms with Gasteiger partial charge in [0.15, 0.2) is 0 Å². The molecule has 2 rings (SSSR count). The minimum Gasteiger partial charge on any atom is -0.507 e. The van der Waals surface area contributed by atoms with Crippen LogP contribution in [0, 0.1) is 0 Å². The van der Waals surface area contributed by atoms with Crippen LogP contribution in [-0.4, -0.2) is 47.8 Å². The Morgan fingerprint density at radius 2 is 2.04 bits per heavy atom. The van der Waals surface area contributed by atoms with Crippen LogP contribution >= 0.6 is 0 Å². The van der Waals surface area contributed by atoms with E-state index in [0.717, 1.165) is 18.8 Å². The van der Waals surface area contributed by atoms with Crippen molar-refractivity contribution in [2.75, 3.05) is 24.5 Å². The number of hydrazone groups is 1. The molecule has 8 heteroatoms. The molecular formula is C19H23N5O3. The maximum atomic E-state index is 11.8. The number of aromatic nitrogens is 1. The molecule has 142 valence electrons. The van der Waals surface area contributed by atoms with E-state index in [0.29, 0.717) is 11.1 Å². The predicted octanol–water partition coefficient (Wildman–Crippen LogP) is 1.51. The quantitative estimate of drug-likeness (QED) is 0.483. The summed E-state index contributed by atoms with van der Waals surface area (Å²) in [6, 6.07) is 8.50. The first kappa shape index (κ1) is 19.9. The third-order valence-electron chi connectivity index (χ3n) is 3.87. The second-order valence-electron chi connectivity index (χ2n) is 5.63. The standard InChI is InChI=1S/C19H23N5O3/c1-3-24(4-2)16-8-7-14(17(25)10-16)12-22-23-18(26)13-21-19(27)15-6-5-9-20-11-15/h5-12,25H,3-4,13H2,1-2H3,(H,21,27)(H,23,26)/b22-12+. The Balaban J connectivity index is 1.86. The van der Waals surface area contributed by atoms with Crippen molar-refractivity contribution in [2.24, 2.45) is 5.10 Å². The molecule has 0 bridgehead atoms. The smallest absolute Gasteiger partial charge is 0.259 e. The molecule has 0 aliphatic rings. The Labute approximate surface area is 157 Å². The van der Waals surface area contributed by atoms with Crippen molar-refractivity contribution in [1.82, 2.24) is 15.7 Å². The van der Waals surface area contributed by atoms with Crippen LogP contribution in [0.2, 0.25) is 0 Å². The number of pyridine rings is 1. The Kier molecular flexibility index (Phi) is 7.30. The minimum absolute atomic E-state index is 0.0716. The number of aromatic hydroxyl groups is 1. The van der Waals surface area contributed by atoms with Crippen molar-refractivity contribution in [1.29, 1.82) is 0 Å². The van der Waals surface area contributed by atoms with Gasteiger partial charge in [-0.25, -0.2) is 5.43 Å². The molecule has 2 amide bonds. The summed E-state index contributed by atoms with van der Waals surface area (Å²) >= 11 is 0. The zero-order chi connectivity index (χ0) is 19.6. The van der Waals surface area contributed by atoms with Gasteiger partial charge in [0.2, 0.25) is 0 Å². The number of amides is 2. The highest BCUT2D eigenvalue weighted by Gasteiger charge is 2.08. The zero-order valence-electron chi connectivity index (χ0n) is 15.3. The number of hydrogen-bond acceptors (Lipinski definition) is 6. The molecule has 2 aromatic rings. The fraction of sp³-hybridized carbons (Fsp3) is 0.263. The summed E-state index contributed by atoms with van der Waals surface area (Å²) in [5.74, 6) is -0.808. The van der Waals surface area contributed by atoms with E-state index in [1.54, 1.807) is 30.5 Å². The number of carbonyl (C=O) groups excluding carboxylic acids is 2. The summed E-state index contributed by atoms with van der Waals surface area (Å²) in [5, 5.41) is 16.4. The summed E-state index contributed by atoms with van der Waals surface area (Å²) in [5.41, 5.74) is 4.06.